The number of hydrogen-bond donors (Lipinski definition) is 1. The van der Waals surface area contributed by atoms with Gasteiger partial charge in [0.25, 0.3) is 10.0 Å². The van der Waals surface area contributed by atoms with E-state index in [2.05, 4.69) is 5.32 Å². The Bertz CT molecular complexity index is 1690. The van der Waals surface area contributed by atoms with Gasteiger partial charge in [-0.25, -0.2) is 8.42 Å². The van der Waals surface area contributed by atoms with Crippen molar-refractivity contribution in [3.05, 3.63) is 129 Å². The molecule has 0 saturated carbocycles. The minimum Gasteiger partial charge on any atom is -0.354 e. The molecule has 0 aliphatic carbocycles. The molecular formula is C34H34Cl3N3O4S. The molecule has 0 aliphatic rings. The molecule has 0 aromatic heterocycles. The molecule has 0 saturated heterocycles. The summed E-state index contributed by atoms with van der Waals surface area (Å²) in [6.45, 7) is 1.69. The Labute approximate surface area is 279 Å². The van der Waals surface area contributed by atoms with E-state index in [0.717, 1.165) is 22.7 Å². The lowest BCUT2D eigenvalue weighted by atomic mass is 10.0. The van der Waals surface area contributed by atoms with Crippen molar-refractivity contribution in [3.63, 3.8) is 0 Å². The number of amides is 2. The van der Waals surface area contributed by atoms with Gasteiger partial charge in [0.1, 0.15) is 12.6 Å². The summed E-state index contributed by atoms with van der Waals surface area (Å²) < 4.78 is 29.1. The smallest absolute Gasteiger partial charge is 0.264 e. The fourth-order valence-corrected chi connectivity index (χ4v) is 6.92. The Morgan fingerprint density at radius 2 is 1.44 bits per heavy atom. The fraction of sp³-hybridized carbons (Fsp3) is 0.235. The first-order valence-corrected chi connectivity index (χ1v) is 17.1. The second-order valence-corrected chi connectivity index (χ2v) is 13.5. The van der Waals surface area contributed by atoms with Gasteiger partial charge >= 0.3 is 0 Å². The molecule has 0 fully saturated rings. The van der Waals surface area contributed by atoms with Crippen molar-refractivity contribution in [1.29, 1.82) is 0 Å². The molecule has 11 heteroatoms. The standard InChI is InChI=1S/C34H34Cl3N3O4S/c1-2-3-20-38-34(42)32(21-25-12-6-4-7-13-25)39(23-29-30(36)18-11-19-31(29)37)33(41)24-40(27-15-10-14-26(35)22-27)45(43,44)28-16-8-5-9-17-28/h4-19,22,32H,2-3,20-21,23-24H2,1H3,(H,38,42)/t32-/m0/s1. The Kier molecular flexibility index (Phi) is 12.3. The van der Waals surface area contributed by atoms with Crippen LogP contribution < -0.4 is 9.62 Å². The zero-order valence-corrected chi connectivity index (χ0v) is 27.8. The number of nitrogens with one attached hydrogen (secondary N) is 1. The maximum atomic E-state index is 14.5. The number of halogens is 3. The highest BCUT2D eigenvalue weighted by molar-refractivity contribution is 7.92. The molecule has 0 heterocycles. The van der Waals surface area contributed by atoms with Crippen LogP contribution in [0.25, 0.3) is 0 Å². The van der Waals surface area contributed by atoms with Crippen molar-refractivity contribution in [3.8, 4) is 0 Å². The van der Waals surface area contributed by atoms with Gasteiger partial charge in [-0.2, -0.15) is 0 Å². The van der Waals surface area contributed by atoms with E-state index < -0.39 is 28.5 Å². The van der Waals surface area contributed by atoms with Crippen molar-refractivity contribution in [2.45, 2.75) is 43.7 Å². The van der Waals surface area contributed by atoms with Crippen LogP contribution in [0.2, 0.25) is 15.1 Å². The van der Waals surface area contributed by atoms with Gasteiger partial charge in [0.15, 0.2) is 0 Å². The third-order valence-corrected chi connectivity index (χ3v) is 9.93. The number of anilines is 1. The maximum absolute atomic E-state index is 14.5. The van der Waals surface area contributed by atoms with E-state index in [-0.39, 0.29) is 29.5 Å². The summed E-state index contributed by atoms with van der Waals surface area (Å²) in [5.41, 5.74) is 1.45. The van der Waals surface area contributed by atoms with Crippen molar-refractivity contribution in [2.24, 2.45) is 0 Å². The fourth-order valence-electron chi connectivity index (χ4n) is 4.79. The number of hydrogen-bond acceptors (Lipinski definition) is 4. The molecule has 0 aliphatic heterocycles. The second kappa shape index (κ2) is 16.1. The zero-order valence-electron chi connectivity index (χ0n) is 24.7. The molecule has 1 N–H and O–H groups in total. The van der Waals surface area contributed by atoms with Gasteiger partial charge in [0, 0.05) is 40.1 Å². The van der Waals surface area contributed by atoms with E-state index in [1.165, 1.54) is 23.1 Å². The lowest BCUT2D eigenvalue weighted by Gasteiger charge is -2.34. The predicted octanol–water partition coefficient (Wildman–Crippen LogP) is 7.40. The Morgan fingerprint density at radius 1 is 0.822 bits per heavy atom. The Balaban J connectivity index is 1.82. The molecular weight excluding hydrogens is 653 g/mol. The largest absolute Gasteiger partial charge is 0.354 e. The molecule has 45 heavy (non-hydrogen) atoms. The molecule has 0 unspecified atom stereocenters. The molecule has 1 atom stereocenters. The molecule has 236 valence electrons. The highest BCUT2D eigenvalue weighted by Gasteiger charge is 2.35. The van der Waals surface area contributed by atoms with Crippen molar-refractivity contribution >= 4 is 62.3 Å². The van der Waals surface area contributed by atoms with Crippen LogP contribution in [0.15, 0.2) is 108 Å². The van der Waals surface area contributed by atoms with Gasteiger partial charge in [0.05, 0.1) is 10.6 Å². The van der Waals surface area contributed by atoms with E-state index in [1.807, 2.05) is 37.3 Å². The predicted molar refractivity (Wildman–Crippen MR) is 181 cm³/mol. The van der Waals surface area contributed by atoms with Gasteiger partial charge < -0.3 is 10.2 Å². The summed E-state index contributed by atoms with van der Waals surface area (Å²) >= 11 is 19.4. The number of rotatable bonds is 14. The van der Waals surface area contributed by atoms with Crippen LogP contribution in [-0.2, 0) is 32.6 Å². The second-order valence-electron chi connectivity index (χ2n) is 10.4. The molecule has 4 rings (SSSR count). The topological polar surface area (TPSA) is 86.8 Å². The van der Waals surface area contributed by atoms with Crippen LogP contribution in [0.1, 0.15) is 30.9 Å². The van der Waals surface area contributed by atoms with Gasteiger partial charge in [-0.15, -0.1) is 0 Å². The molecule has 0 bridgehead atoms. The number of benzene rings is 4. The van der Waals surface area contributed by atoms with Crippen LogP contribution in [0.5, 0.6) is 0 Å². The number of sulfonamides is 1. The average molecular weight is 687 g/mol. The summed E-state index contributed by atoms with van der Waals surface area (Å²) in [4.78, 5) is 29.7. The van der Waals surface area contributed by atoms with Crippen molar-refractivity contribution in [1.82, 2.24) is 10.2 Å². The molecule has 7 nitrogen and oxygen atoms in total. The van der Waals surface area contributed by atoms with E-state index in [9.17, 15) is 18.0 Å². The first-order chi connectivity index (χ1) is 21.6. The summed E-state index contributed by atoms with van der Waals surface area (Å²) in [6.07, 6.45) is 1.80. The monoisotopic (exact) mass is 685 g/mol. The quantitative estimate of drug-likeness (QED) is 0.140. The molecule has 2 amide bonds. The van der Waals surface area contributed by atoms with Crippen LogP contribution >= 0.6 is 34.8 Å². The van der Waals surface area contributed by atoms with E-state index in [4.69, 9.17) is 34.8 Å². The van der Waals surface area contributed by atoms with Crippen molar-refractivity contribution in [2.75, 3.05) is 17.4 Å². The van der Waals surface area contributed by atoms with Gasteiger partial charge in [-0.3, -0.25) is 13.9 Å². The minimum atomic E-state index is -4.24. The molecule has 0 spiro atoms. The highest BCUT2D eigenvalue weighted by Crippen LogP contribution is 2.30. The number of unbranched alkanes of at least 4 members (excludes halogenated alkanes) is 1. The van der Waals surface area contributed by atoms with E-state index in [0.29, 0.717) is 27.2 Å². The van der Waals surface area contributed by atoms with E-state index >= 15 is 0 Å². The SMILES string of the molecule is CCCCNC(=O)[C@H](Cc1ccccc1)N(Cc1c(Cl)cccc1Cl)C(=O)CN(c1cccc(Cl)c1)S(=O)(=O)c1ccccc1. The normalized spacial score (nSPS) is 11.9. The first-order valence-electron chi connectivity index (χ1n) is 14.5. The summed E-state index contributed by atoms with van der Waals surface area (Å²) in [5.74, 6) is -0.999. The molecule has 0 radical (unpaired) electrons. The maximum Gasteiger partial charge on any atom is 0.264 e. The van der Waals surface area contributed by atoms with Gasteiger partial charge in [-0.05, 0) is 54.4 Å². The summed E-state index contributed by atoms with van der Waals surface area (Å²) in [6, 6.07) is 27.4. The third kappa shape index (κ3) is 9.01. The van der Waals surface area contributed by atoms with Crippen LogP contribution in [0.4, 0.5) is 5.69 Å². The first kappa shape index (κ1) is 34.3. The van der Waals surface area contributed by atoms with Crippen LogP contribution in [0.3, 0.4) is 0 Å². The lowest BCUT2D eigenvalue weighted by Crippen LogP contribution is -2.53. The Morgan fingerprint density at radius 3 is 2.07 bits per heavy atom. The van der Waals surface area contributed by atoms with E-state index in [1.54, 1.807) is 54.6 Å². The molecule has 4 aromatic rings. The van der Waals surface area contributed by atoms with Crippen LogP contribution in [-0.4, -0.2) is 44.3 Å². The van der Waals surface area contributed by atoms with Crippen molar-refractivity contribution < 1.29 is 18.0 Å². The van der Waals surface area contributed by atoms with Gasteiger partial charge in [0.2, 0.25) is 11.8 Å². The zero-order chi connectivity index (χ0) is 32.4. The summed E-state index contributed by atoms with van der Waals surface area (Å²) in [7, 11) is -4.24. The Hall–Kier alpha value is -3.56. The average Bonchev–Trinajstić information content (AvgIpc) is 3.03. The third-order valence-electron chi connectivity index (χ3n) is 7.20. The van der Waals surface area contributed by atoms with Crippen LogP contribution in [0, 0.1) is 0 Å². The highest BCUT2D eigenvalue weighted by atomic mass is 35.5. The number of carbonyl (C=O) groups excluding carboxylic acids is 2. The molecule has 4 aromatic carbocycles. The summed E-state index contributed by atoms with van der Waals surface area (Å²) in [5, 5.41) is 3.88. The van der Waals surface area contributed by atoms with Gasteiger partial charge in [-0.1, -0.05) is 109 Å². The lowest BCUT2D eigenvalue weighted by molar-refractivity contribution is -0.140. The number of carbonyl (C=O) groups is 2. The minimum absolute atomic E-state index is 0.00313. The number of nitrogens with zero attached hydrogens (tertiary/aromatic N) is 2.